The Hall–Kier alpha value is -4.59. The molecule has 0 aliphatic rings. The molecule has 0 radical (unpaired) electrons. The lowest BCUT2D eigenvalue weighted by molar-refractivity contribution is 0.629. The minimum Gasteiger partial charge on any atom is -0.382 e. The van der Waals surface area contributed by atoms with Crippen molar-refractivity contribution in [3.8, 4) is 11.8 Å². The predicted octanol–water partition coefficient (Wildman–Crippen LogP) is 1.40. The smallest absolute Gasteiger partial charge is 0.266 e. The van der Waals surface area contributed by atoms with Crippen LogP contribution in [-0.2, 0) is 6.42 Å². The molecule has 1 aromatic carbocycles. The highest BCUT2D eigenvalue weighted by atomic mass is 19.1. The van der Waals surface area contributed by atoms with Crippen LogP contribution in [-0.4, -0.2) is 31.0 Å². The lowest BCUT2D eigenvalue weighted by Crippen LogP contribution is -2.25. The van der Waals surface area contributed by atoms with Gasteiger partial charge in [-0.05, 0) is 30.3 Å². The van der Waals surface area contributed by atoms with Crippen molar-refractivity contribution < 1.29 is 4.39 Å². The molecule has 3 aromatic heterocycles. The number of nitrogens with one attached hydrogen (secondary N) is 1. The van der Waals surface area contributed by atoms with Crippen molar-refractivity contribution in [3.05, 3.63) is 70.3 Å². The molecule has 154 valence electrons. The van der Waals surface area contributed by atoms with Crippen molar-refractivity contribution in [2.75, 3.05) is 23.3 Å². The fourth-order valence-electron chi connectivity index (χ4n) is 3.15. The molecule has 10 nitrogen and oxygen atoms in total. The van der Waals surface area contributed by atoms with Crippen LogP contribution < -0.4 is 22.3 Å². The number of benzene rings is 1. The van der Waals surface area contributed by atoms with Gasteiger partial charge in [0.25, 0.3) is 5.56 Å². The molecule has 0 aliphatic heterocycles. The Balaban J connectivity index is 1.73. The summed E-state index contributed by atoms with van der Waals surface area (Å²) in [6, 6.07) is 9.18. The van der Waals surface area contributed by atoms with E-state index in [-0.39, 0.29) is 41.5 Å². The summed E-state index contributed by atoms with van der Waals surface area (Å²) >= 11 is 0. The molecule has 0 saturated carbocycles. The summed E-state index contributed by atoms with van der Waals surface area (Å²) in [5.74, 6) is -0.0296. The third-order valence-electron chi connectivity index (χ3n) is 4.51. The molecule has 11 heteroatoms. The minimum atomic E-state index is -0.526. The average Bonchev–Trinajstić information content (AvgIpc) is 2.75. The Labute approximate surface area is 175 Å². The highest BCUT2D eigenvalue weighted by molar-refractivity contribution is 5.78. The van der Waals surface area contributed by atoms with Crippen molar-refractivity contribution in [1.82, 2.24) is 24.5 Å². The van der Waals surface area contributed by atoms with Gasteiger partial charge in [0.15, 0.2) is 5.82 Å². The molecule has 0 amide bonds. The normalized spacial score (nSPS) is 10.7. The van der Waals surface area contributed by atoms with Gasteiger partial charge in [0.1, 0.15) is 29.1 Å². The summed E-state index contributed by atoms with van der Waals surface area (Å²) in [5, 5.41) is 12.4. The largest absolute Gasteiger partial charge is 0.382 e. The number of halogens is 1. The molecule has 4 aromatic rings. The molecule has 0 unspecified atom stereocenters. The van der Waals surface area contributed by atoms with E-state index in [1.165, 1.54) is 22.9 Å². The van der Waals surface area contributed by atoms with Crippen molar-refractivity contribution in [3.63, 3.8) is 0 Å². The fourth-order valence-corrected chi connectivity index (χ4v) is 3.15. The molecule has 0 fully saturated rings. The molecule has 0 aliphatic carbocycles. The second-order valence-corrected chi connectivity index (χ2v) is 6.52. The summed E-state index contributed by atoms with van der Waals surface area (Å²) in [6.45, 7) is 0.254. The van der Waals surface area contributed by atoms with Crippen molar-refractivity contribution in [2.45, 2.75) is 6.42 Å². The molecule has 0 atom stereocenters. The Morgan fingerprint density at radius 1 is 1.19 bits per heavy atom. The third kappa shape index (κ3) is 3.82. The first kappa shape index (κ1) is 19.7. The number of pyridine rings is 1. The number of nitrogens with zero attached hydrogens (tertiary/aromatic N) is 6. The molecule has 0 spiro atoms. The van der Waals surface area contributed by atoms with Gasteiger partial charge >= 0.3 is 0 Å². The zero-order valence-corrected chi connectivity index (χ0v) is 16.1. The summed E-state index contributed by atoms with van der Waals surface area (Å²) < 4.78 is 15.1. The van der Waals surface area contributed by atoms with E-state index in [1.54, 1.807) is 18.3 Å². The first-order valence-corrected chi connectivity index (χ1v) is 9.16. The van der Waals surface area contributed by atoms with Gasteiger partial charge in [0.05, 0.1) is 22.8 Å². The molecule has 3 heterocycles. The zero-order chi connectivity index (χ0) is 22.0. The van der Waals surface area contributed by atoms with Crippen LogP contribution >= 0.6 is 0 Å². The van der Waals surface area contributed by atoms with Gasteiger partial charge in [-0.15, -0.1) is 0 Å². The van der Waals surface area contributed by atoms with Gasteiger partial charge < -0.3 is 16.8 Å². The van der Waals surface area contributed by atoms with E-state index in [1.807, 2.05) is 6.07 Å². The first-order valence-electron chi connectivity index (χ1n) is 9.16. The Morgan fingerprint density at radius 3 is 2.77 bits per heavy atom. The zero-order valence-electron chi connectivity index (χ0n) is 16.1. The maximum atomic E-state index is 13.7. The van der Waals surface area contributed by atoms with Crippen molar-refractivity contribution in [2.24, 2.45) is 0 Å². The number of anilines is 3. The third-order valence-corrected chi connectivity index (χ3v) is 4.51. The molecule has 0 bridgehead atoms. The Morgan fingerprint density at radius 2 is 2.03 bits per heavy atom. The quantitative estimate of drug-likeness (QED) is 0.436. The predicted molar refractivity (Wildman–Crippen MR) is 113 cm³/mol. The van der Waals surface area contributed by atoms with Gasteiger partial charge in [0, 0.05) is 19.2 Å². The lowest BCUT2D eigenvalue weighted by Gasteiger charge is -2.14. The number of nitrogens with two attached hydrogens (primary N) is 2. The summed E-state index contributed by atoms with van der Waals surface area (Å²) in [5.41, 5.74) is 11.9. The number of rotatable bonds is 5. The molecule has 0 saturated heterocycles. The topological polar surface area (TPSA) is 161 Å². The minimum absolute atomic E-state index is 0.0318. The monoisotopic (exact) mass is 417 g/mol. The highest BCUT2D eigenvalue weighted by Crippen LogP contribution is 2.19. The van der Waals surface area contributed by atoms with Crippen LogP contribution in [0.3, 0.4) is 0 Å². The number of hydrogen-bond acceptors (Lipinski definition) is 9. The number of nitrogen functional groups attached to an aromatic ring is 2. The Kier molecular flexibility index (Phi) is 5.11. The maximum absolute atomic E-state index is 13.7. The molecular formula is C20H16FN9O. The van der Waals surface area contributed by atoms with Gasteiger partial charge in [-0.3, -0.25) is 14.3 Å². The van der Waals surface area contributed by atoms with Gasteiger partial charge in [-0.1, -0.05) is 0 Å². The second kappa shape index (κ2) is 8.03. The number of aromatic nitrogens is 5. The van der Waals surface area contributed by atoms with Crippen LogP contribution in [0.5, 0.6) is 0 Å². The number of hydrogen-bond donors (Lipinski definition) is 3. The second-order valence-electron chi connectivity index (χ2n) is 6.52. The molecule has 5 N–H and O–H groups in total. The van der Waals surface area contributed by atoms with Crippen molar-refractivity contribution >= 4 is 28.5 Å². The lowest BCUT2D eigenvalue weighted by atomic mass is 10.2. The van der Waals surface area contributed by atoms with E-state index in [0.29, 0.717) is 17.0 Å². The van der Waals surface area contributed by atoms with Gasteiger partial charge in [-0.25, -0.2) is 9.37 Å². The first-order chi connectivity index (χ1) is 15.0. The van der Waals surface area contributed by atoms with Gasteiger partial charge in [0.2, 0.25) is 5.95 Å². The number of fused-ring (bicyclic) bond motifs is 1. The van der Waals surface area contributed by atoms with Crippen LogP contribution in [0.25, 0.3) is 16.6 Å². The number of nitriles is 1. The van der Waals surface area contributed by atoms with E-state index < -0.39 is 11.4 Å². The molecule has 31 heavy (non-hydrogen) atoms. The van der Waals surface area contributed by atoms with E-state index in [0.717, 1.165) is 6.07 Å². The Bertz CT molecular complexity index is 1380. The van der Waals surface area contributed by atoms with Crippen LogP contribution in [0.15, 0.2) is 47.5 Å². The summed E-state index contributed by atoms with van der Waals surface area (Å²) in [6.07, 6.45) is 3.37. The summed E-state index contributed by atoms with van der Waals surface area (Å²) in [7, 11) is 0. The molecular weight excluding hydrogens is 401 g/mol. The SMILES string of the molecule is N#Cc1c(N)nc(N)nc1NCCc1nc2ccc(F)cc2c(=O)n1-c1cccnc1. The maximum Gasteiger partial charge on any atom is 0.266 e. The highest BCUT2D eigenvalue weighted by Gasteiger charge is 2.15. The van der Waals surface area contributed by atoms with E-state index >= 15 is 0 Å². The standard InChI is InChI=1S/C20H16FN9O/c21-11-3-4-15-13(8-11)19(31)30(12-2-1-6-25-10-12)16(27-15)5-7-26-18-14(9-22)17(23)28-20(24)29-18/h1-4,6,8,10H,5,7H2,(H5,23,24,26,28,29). The molecule has 4 rings (SSSR count). The van der Waals surface area contributed by atoms with Crippen LogP contribution in [0, 0.1) is 17.1 Å². The van der Waals surface area contributed by atoms with E-state index in [2.05, 4.69) is 25.3 Å². The van der Waals surface area contributed by atoms with Gasteiger partial charge in [-0.2, -0.15) is 15.2 Å². The fraction of sp³-hybridized carbons (Fsp3) is 0.100. The average molecular weight is 417 g/mol. The van der Waals surface area contributed by atoms with Crippen LogP contribution in [0.2, 0.25) is 0 Å². The van der Waals surface area contributed by atoms with Crippen LogP contribution in [0.4, 0.5) is 22.0 Å². The van der Waals surface area contributed by atoms with Crippen LogP contribution in [0.1, 0.15) is 11.4 Å². The van der Waals surface area contributed by atoms with E-state index in [9.17, 15) is 14.4 Å². The van der Waals surface area contributed by atoms with Crippen molar-refractivity contribution in [1.29, 1.82) is 5.26 Å². The van der Waals surface area contributed by atoms with E-state index in [4.69, 9.17) is 11.5 Å². The summed E-state index contributed by atoms with van der Waals surface area (Å²) in [4.78, 5) is 29.5.